The van der Waals surface area contributed by atoms with Crippen LogP contribution in [0.3, 0.4) is 0 Å². The lowest BCUT2D eigenvalue weighted by Crippen LogP contribution is -2.12. The highest BCUT2D eigenvalue weighted by atomic mass is 79.9. The van der Waals surface area contributed by atoms with Crippen LogP contribution in [0.2, 0.25) is 0 Å². The van der Waals surface area contributed by atoms with Crippen LogP contribution >= 0.6 is 27.3 Å². The molecule has 1 heterocycles. The number of hydrogen-bond donors (Lipinski definition) is 1. The Morgan fingerprint density at radius 1 is 1.58 bits per heavy atom. The molecule has 1 nitrogen and oxygen atoms in total. The Balaban J connectivity index is 2.19. The van der Waals surface area contributed by atoms with Crippen molar-refractivity contribution in [3.63, 3.8) is 0 Å². The average Bonchev–Trinajstić information content (AvgIpc) is 2.45. The molecule has 0 radical (unpaired) electrons. The van der Waals surface area contributed by atoms with Crippen LogP contribution in [-0.2, 0) is 6.54 Å². The third kappa shape index (κ3) is 3.52. The van der Waals surface area contributed by atoms with Crippen molar-refractivity contribution in [2.75, 3.05) is 6.54 Å². The summed E-state index contributed by atoms with van der Waals surface area (Å²) in [6.45, 7) is 5.64. The Morgan fingerprint density at radius 3 is 3.00 bits per heavy atom. The summed E-state index contributed by atoms with van der Waals surface area (Å²) in [6.07, 6.45) is 2.96. The van der Waals surface area contributed by atoms with Gasteiger partial charge in [-0.25, -0.2) is 0 Å². The van der Waals surface area contributed by atoms with Gasteiger partial charge in [-0.15, -0.1) is 17.9 Å². The van der Waals surface area contributed by atoms with Crippen molar-refractivity contribution in [2.24, 2.45) is 0 Å². The third-order valence-corrected chi connectivity index (χ3v) is 3.08. The molecule has 0 saturated carbocycles. The zero-order valence-electron chi connectivity index (χ0n) is 6.85. The lowest BCUT2D eigenvalue weighted by Gasteiger charge is -1.98. The van der Waals surface area contributed by atoms with E-state index < -0.39 is 0 Å². The minimum Gasteiger partial charge on any atom is -0.312 e. The van der Waals surface area contributed by atoms with Crippen LogP contribution in [0.25, 0.3) is 0 Å². The smallest absolute Gasteiger partial charge is 0.0701 e. The van der Waals surface area contributed by atoms with Crippen LogP contribution in [0.1, 0.15) is 11.3 Å². The van der Waals surface area contributed by atoms with Gasteiger partial charge in [-0.1, -0.05) is 6.08 Å². The third-order valence-electron chi connectivity index (χ3n) is 1.45. The number of nitrogens with one attached hydrogen (secondary N) is 1. The van der Waals surface area contributed by atoms with Crippen LogP contribution in [0.5, 0.6) is 0 Å². The summed E-state index contributed by atoms with van der Waals surface area (Å²) in [4.78, 5) is 1.37. The molecule has 0 unspecified atom stereocenters. The van der Waals surface area contributed by atoms with E-state index in [1.807, 2.05) is 6.08 Å². The fourth-order valence-electron chi connectivity index (χ4n) is 0.862. The first kappa shape index (κ1) is 9.96. The predicted molar refractivity (Wildman–Crippen MR) is 58.5 cm³/mol. The molecule has 0 amide bonds. The second-order valence-electron chi connectivity index (χ2n) is 2.46. The van der Waals surface area contributed by atoms with E-state index in [1.54, 1.807) is 11.3 Å². The molecular formula is C9H12BrNS. The second kappa shape index (κ2) is 5.51. The largest absolute Gasteiger partial charge is 0.312 e. The van der Waals surface area contributed by atoms with Crippen molar-refractivity contribution < 1.29 is 0 Å². The lowest BCUT2D eigenvalue weighted by atomic mass is 10.4. The molecule has 0 aromatic carbocycles. The summed E-state index contributed by atoms with van der Waals surface area (Å²) in [5.74, 6) is 0. The van der Waals surface area contributed by atoms with Gasteiger partial charge in [-0.3, -0.25) is 0 Å². The van der Waals surface area contributed by atoms with Crippen LogP contribution in [0.4, 0.5) is 0 Å². The molecule has 12 heavy (non-hydrogen) atoms. The van der Waals surface area contributed by atoms with Crippen LogP contribution < -0.4 is 5.32 Å². The fourth-order valence-corrected chi connectivity index (χ4v) is 2.32. The van der Waals surface area contributed by atoms with Crippen LogP contribution in [-0.4, -0.2) is 6.54 Å². The van der Waals surface area contributed by atoms with E-state index >= 15 is 0 Å². The first-order valence-corrected chi connectivity index (χ1v) is 5.49. The zero-order valence-corrected chi connectivity index (χ0v) is 9.25. The SMILES string of the molecule is C=CCCNCc1ccc(Br)s1. The number of halogens is 1. The van der Waals surface area contributed by atoms with Crippen molar-refractivity contribution in [1.82, 2.24) is 5.32 Å². The van der Waals surface area contributed by atoms with Crippen LogP contribution in [0.15, 0.2) is 28.6 Å². The first-order chi connectivity index (χ1) is 5.83. The molecule has 1 rings (SSSR count). The Hall–Kier alpha value is -0.120. The molecule has 0 aliphatic heterocycles. The van der Waals surface area contributed by atoms with Crippen molar-refractivity contribution in [3.05, 3.63) is 33.5 Å². The van der Waals surface area contributed by atoms with E-state index in [2.05, 4.69) is 40.0 Å². The van der Waals surface area contributed by atoms with Crippen molar-refractivity contribution in [1.29, 1.82) is 0 Å². The summed E-state index contributed by atoms with van der Waals surface area (Å²) in [5.41, 5.74) is 0. The topological polar surface area (TPSA) is 12.0 Å². The van der Waals surface area contributed by atoms with Gasteiger partial charge in [-0.2, -0.15) is 0 Å². The highest BCUT2D eigenvalue weighted by molar-refractivity contribution is 9.11. The zero-order chi connectivity index (χ0) is 8.81. The molecule has 1 N–H and O–H groups in total. The Morgan fingerprint density at radius 2 is 2.42 bits per heavy atom. The van der Waals surface area contributed by atoms with Gasteiger partial charge in [-0.05, 0) is 41.0 Å². The standard InChI is InChI=1S/C9H12BrNS/c1-2-3-6-11-7-8-4-5-9(10)12-8/h2,4-5,11H,1,3,6-7H2. The van der Waals surface area contributed by atoms with Gasteiger partial charge in [0.2, 0.25) is 0 Å². The fraction of sp³-hybridized carbons (Fsp3) is 0.333. The second-order valence-corrected chi connectivity index (χ2v) is 5.01. The molecule has 1 aromatic heterocycles. The normalized spacial score (nSPS) is 10.1. The van der Waals surface area contributed by atoms with E-state index in [4.69, 9.17) is 0 Å². The maximum atomic E-state index is 3.66. The monoisotopic (exact) mass is 245 g/mol. The lowest BCUT2D eigenvalue weighted by molar-refractivity contribution is 0.703. The molecule has 0 atom stereocenters. The molecule has 1 aromatic rings. The Labute approximate surface area is 85.6 Å². The maximum absolute atomic E-state index is 3.66. The Bertz CT molecular complexity index is 244. The van der Waals surface area contributed by atoms with Gasteiger partial charge in [0, 0.05) is 11.4 Å². The highest BCUT2D eigenvalue weighted by Gasteiger charge is 1.95. The quantitative estimate of drug-likeness (QED) is 0.621. The van der Waals surface area contributed by atoms with Crippen molar-refractivity contribution in [2.45, 2.75) is 13.0 Å². The summed E-state index contributed by atoms with van der Waals surface area (Å²) in [5, 5.41) is 3.33. The summed E-state index contributed by atoms with van der Waals surface area (Å²) in [6, 6.07) is 4.21. The predicted octanol–water partition coefficient (Wildman–Crippen LogP) is 3.18. The molecular weight excluding hydrogens is 234 g/mol. The van der Waals surface area contributed by atoms with Crippen molar-refractivity contribution >= 4 is 27.3 Å². The summed E-state index contributed by atoms with van der Waals surface area (Å²) in [7, 11) is 0. The first-order valence-electron chi connectivity index (χ1n) is 3.89. The molecule has 0 fully saturated rings. The minimum absolute atomic E-state index is 0.962. The molecule has 0 bridgehead atoms. The van der Waals surface area contributed by atoms with E-state index in [1.165, 1.54) is 8.66 Å². The van der Waals surface area contributed by atoms with Gasteiger partial charge < -0.3 is 5.32 Å². The van der Waals surface area contributed by atoms with E-state index in [0.29, 0.717) is 0 Å². The number of thiophene rings is 1. The van der Waals surface area contributed by atoms with Gasteiger partial charge in [0.25, 0.3) is 0 Å². The number of rotatable bonds is 5. The van der Waals surface area contributed by atoms with Gasteiger partial charge >= 0.3 is 0 Å². The van der Waals surface area contributed by atoms with Crippen LogP contribution in [0, 0.1) is 0 Å². The molecule has 0 saturated heterocycles. The molecule has 0 spiro atoms. The van der Waals surface area contributed by atoms with Gasteiger partial charge in [0.05, 0.1) is 3.79 Å². The molecule has 3 heteroatoms. The Kier molecular flexibility index (Phi) is 4.58. The summed E-state index contributed by atoms with van der Waals surface area (Å²) < 4.78 is 1.20. The van der Waals surface area contributed by atoms with E-state index in [-0.39, 0.29) is 0 Å². The van der Waals surface area contributed by atoms with Gasteiger partial charge in [0.1, 0.15) is 0 Å². The van der Waals surface area contributed by atoms with Crippen molar-refractivity contribution in [3.8, 4) is 0 Å². The van der Waals surface area contributed by atoms with E-state index in [0.717, 1.165) is 19.5 Å². The highest BCUT2D eigenvalue weighted by Crippen LogP contribution is 2.21. The molecule has 0 aliphatic rings. The average molecular weight is 246 g/mol. The maximum Gasteiger partial charge on any atom is 0.0701 e. The summed E-state index contributed by atoms with van der Waals surface area (Å²) >= 11 is 5.20. The molecule has 66 valence electrons. The minimum atomic E-state index is 0.962. The molecule has 0 aliphatic carbocycles. The number of hydrogen-bond acceptors (Lipinski definition) is 2. The van der Waals surface area contributed by atoms with E-state index in [9.17, 15) is 0 Å². The van der Waals surface area contributed by atoms with Gasteiger partial charge in [0.15, 0.2) is 0 Å².